The Morgan fingerprint density at radius 2 is 1.24 bits per heavy atom. The second-order valence-corrected chi connectivity index (χ2v) is 5.98. The van der Waals surface area contributed by atoms with Gasteiger partial charge in [0.1, 0.15) is 0 Å². The molecule has 2 aliphatic rings. The summed E-state index contributed by atoms with van der Waals surface area (Å²) in [5, 5.41) is 22.9. The largest absolute Gasteiger partial charge is 0.463 e. The number of rotatable bonds is 4. The average Bonchev–Trinajstić information content (AvgIpc) is 2.58. The molecule has 2 fully saturated rings. The van der Waals surface area contributed by atoms with Crippen LogP contribution in [-0.2, 0) is 28.7 Å². The van der Waals surface area contributed by atoms with Crippen LogP contribution in [0.1, 0.15) is 19.3 Å². The zero-order valence-corrected chi connectivity index (χ0v) is 13.3. The van der Waals surface area contributed by atoms with Gasteiger partial charge in [0.05, 0.1) is 14.2 Å². The average molecular weight is 358 g/mol. The van der Waals surface area contributed by atoms with E-state index in [0.717, 1.165) is 14.2 Å². The van der Waals surface area contributed by atoms with E-state index in [1.54, 1.807) is 0 Å². The molecule has 4 atom stereocenters. The van der Waals surface area contributed by atoms with E-state index in [4.69, 9.17) is 0 Å². The van der Waals surface area contributed by atoms with Gasteiger partial charge in [-0.25, -0.2) is 9.59 Å². The lowest BCUT2D eigenvalue weighted by atomic mass is 9.58. The predicted molar refractivity (Wildman–Crippen MR) is 74.3 cm³/mol. The Balaban J connectivity index is 2.59. The number of Topliss-reactive ketones (excluding diaryl/α,β-unsaturated/α-hetero) is 2. The second kappa shape index (κ2) is 5.86. The molecule has 0 aromatic heterocycles. The standard InChI is InChI=1S/C13H14N2O10/c1-24-10(18)12(14(20)21)4-6-3-7(8(12)16)5-13(9(6)17,15(22)23)11(19)25-2/h6-7H,3-5H2,1-2H3/t6-,7+,12-,13-/m0/s1. The zero-order chi connectivity index (χ0) is 19.2. The third kappa shape index (κ3) is 2.20. The monoisotopic (exact) mass is 358 g/mol. The van der Waals surface area contributed by atoms with Crippen molar-refractivity contribution in [2.75, 3.05) is 14.2 Å². The van der Waals surface area contributed by atoms with Crippen molar-refractivity contribution in [2.24, 2.45) is 11.8 Å². The zero-order valence-electron chi connectivity index (χ0n) is 13.3. The van der Waals surface area contributed by atoms with Gasteiger partial charge in [-0.2, -0.15) is 0 Å². The molecule has 0 aliphatic heterocycles. The first-order valence-corrected chi connectivity index (χ1v) is 7.14. The van der Waals surface area contributed by atoms with E-state index in [2.05, 4.69) is 9.47 Å². The van der Waals surface area contributed by atoms with Crippen LogP contribution in [0.3, 0.4) is 0 Å². The highest BCUT2D eigenvalue weighted by molar-refractivity contribution is 6.14. The Hall–Kier alpha value is -2.92. The highest BCUT2D eigenvalue weighted by Gasteiger charge is 2.74. The number of methoxy groups -OCH3 is 2. The van der Waals surface area contributed by atoms with Crippen LogP contribution in [0.2, 0.25) is 0 Å². The summed E-state index contributed by atoms with van der Waals surface area (Å²) in [6.07, 6.45) is -2.00. The summed E-state index contributed by atoms with van der Waals surface area (Å²) >= 11 is 0. The number of ether oxygens (including phenoxy) is 2. The smallest absolute Gasteiger partial charge is 0.392 e. The molecule has 0 unspecified atom stereocenters. The van der Waals surface area contributed by atoms with Crippen molar-refractivity contribution in [3.05, 3.63) is 20.2 Å². The Bertz CT molecular complexity index is 645. The molecular formula is C13H14N2O10. The van der Waals surface area contributed by atoms with E-state index < -0.39 is 69.1 Å². The van der Waals surface area contributed by atoms with Gasteiger partial charge >= 0.3 is 23.0 Å². The van der Waals surface area contributed by atoms with Crippen LogP contribution in [-0.4, -0.2) is 58.6 Å². The minimum absolute atomic E-state index is 0.211. The predicted octanol–water partition coefficient (Wildman–Crippen LogP) is -1.07. The van der Waals surface area contributed by atoms with Gasteiger partial charge in [0.2, 0.25) is 11.6 Å². The number of nitro groups is 2. The van der Waals surface area contributed by atoms with Gasteiger partial charge in [0.15, 0.2) is 0 Å². The quantitative estimate of drug-likeness (QED) is 0.260. The number of fused-ring (bicyclic) bond motifs is 2. The maximum Gasteiger partial charge on any atom is 0.392 e. The van der Waals surface area contributed by atoms with Crippen LogP contribution >= 0.6 is 0 Å². The lowest BCUT2D eigenvalue weighted by Gasteiger charge is -2.41. The van der Waals surface area contributed by atoms with Crippen LogP contribution < -0.4 is 0 Å². The van der Waals surface area contributed by atoms with E-state index in [9.17, 15) is 39.4 Å². The molecule has 12 heteroatoms. The number of hydrogen-bond donors (Lipinski definition) is 0. The van der Waals surface area contributed by atoms with E-state index >= 15 is 0 Å². The van der Waals surface area contributed by atoms with Crippen LogP contribution in [0.15, 0.2) is 0 Å². The highest BCUT2D eigenvalue weighted by atomic mass is 16.6. The molecule has 0 radical (unpaired) electrons. The number of carbonyl (C=O) groups excluding carboxylic acids is 4. The molecule has 25 heavy (non-hydrogen) atoms. The van der Waals surface area contributed by atoms with Crippen LogP contribution in [0.5, 0.6) is 0 Å². The van der Waals surface area contributed by atoms with E-state index in [-0.39, 0.29) is 6.42 Å². The third-order valence-electron chi connectivity index (χ3n) is 4.88. The summed E-state index contributed by atoms with van der Waals surface area (Å²) in [7, 11) is 1.70. The van der Waals surface area contributed by atoms with Crippen molar-refractivity contribution in [1.82, 2.24) is 0 Å². The lowest BCUT2D eigenvalue weighted by Crippen LogP contribution is -2.69. The summed E-state index contributed by atoms with van der Waals surface area (Å²) in [6, 6.07) is 0. The summed E-state index contributed by atoms with van der Waals surface area (Å²) in [4.78, 5) is 69.7. The maximum absolute atomic E-state index is 12.6. The highest BCUT2D eigenvalue weighted by Crippen LogP contribution is 2.47. The van der Waals surface area contributed by atoms with E-state index in [0.29, 0.717) is 0 Å². The lowest BCUT2D eigenvalue weighted by molar-refractivity contribution is -0.552. The number of esters is 2. The molecule has 0 aromatic rings. The van der Waals surface area contributed by atoms with Crippen molar-refractivity contribution in [2.45, 2.75) is 30.3 Å². The Kier molecular flexibility index (Phi) is 4.32. The van der Waals surface area contributed by atoms with Crippen molar-refractivity contribution in [3.8, 4) is 0 Å². The Morgan fingerprint density at radius 1 is 0.920 bits per heavy atom. The van der Waals surface area contributed by atoms with Gasteiger partial charge < -0.3 is 9.47 Å². The molecule has 0 amide bonds. The summed E-state index contributed by atoms with van der Waals surface area (Å²) in [6.45, 7) is 0. The van der Waals surface area contributed by atoms with Gasteiger partial charge in [0, 0.05) is 34.5 Å². The minimum Gasteiger partial charge on any atom is -0.463 e. The first-order valence-electron chi connectivity index (χ1n) is 7.14. The molecule has 0 saturated heterocycles. The fourth-order valence-corrected chi connectivity index (χ4v) is 3.68. The first-order chi connectivity index (χ1) is 11.6. The maximum atomic E-state index is 12.6. The topological polar surface area (TPSA) is 173 Å². The van der Waals surface area contributed by atoms with Crippen molar-refractivity contribution in [3.63, 3.8) is 0 Å². The molecule has 2 bridgehead atoms. The van der Waals surface area contributed by atoms with Gasteiger partial charge in [0.25, 0.3) is 0 Å². The van der Waals surface area contributed by atoms with Gasteiger partial charge in [-0.1, -0.05) is 0 Å². The van der Waals surface area contributed by atoms with Crippen LogP contribution in [0.25, 0.3) is 0 Å². The van der Waals surface area contributed by atoms with E-state index in [1.807, 2.05) is 0 Å². The molecule has 0 heterocycles. The molecule has 0 spiro atoms. The Morgan fingerprint density at radius 3 is 1.48 bits per heavy atom. The summed E-state index contributed by atoms with van der Waals surface area (Å²) in [5.41, 5.74) is -5.62. The van der Waals surface area contributed by atoms with Crippen LogP contribution in [0.4, 0.5) is 0 Å². The van der Waals surface area contributed by atoms with Crippen molar-refractivity contribution < 1.29 is 38.5 Å². The number of hydrogen-bond acceptors (Lipinski definition) is 10. The fraction of sp³-hybridized carbons (Fsp3) is 0.692. The summed E-state index contributed by atoms with van der Waals surface area (Å²) in [5.74, 6) is -8.10. The number of carbonyl (C=O) groups is 4. The molecule has 0 aromatic carbocycles. The SMILES string of the molecule is COC(=O)[C@]1([N+](=O)[O-])C[C@@H]2C[C@H](C[C@](C(=O)OC)([N+](=O)[O-])C2=O)C1=O. The van der Waals surface area contributed by atoms with Crippen molar-refractivity contribution >= 4 is 23.5 Å². The number of nitrogens with zero attached hydrogens (tertiary/aromatic N) is 2. The summed E-state index contributed by atoms with van der Waals surface area (Å²) < 4.78 is 8.71. The molecular weight excluding hydrogens is 344 g/mol. The van der Waals surface area contributed by atoms with E-state index in [1.165, 1.54) is 0 Å². The number of ketones is 2. The molecule has 136 valence electrons. The van der Waals surface area contributed by atoms with Gasteiger partial charge in [-0.3, -0.25) is 29.8 Å². The van der Waals surface area contributed by atoms with Gasteiger partial charge in [-0.05, 0) is 6.42 Å². The molecule has 2 rings (SSSR count). The first kappa shape index (κ1) is 18.4. The molecule has 2 aliphatic carbocycles. The minimum atomic E-state index is -2.81. The van der Waals surface area contributed by atoms with Crippen LogP contribution in [0, 0.1) is 32.1 Å². The molecule has 0 N–H and O–H groups in total. The fourth-order valence-electron chi connectivity index (χ4n) is 3.68. The second-order valence-electron chi connectivity index (χ2n) is 5.98. The molecule has 2 saturated carbocycles. The molecule has 12 nitrogen and oxygen atoms in total. The Labute approximate surface area is 139 Å². The normalized spacial score (nSPS) is 34.2. The van der Waals surface area contributed by atoms with Gasteiger partial charge in [-0.15, -0.1) is 0 Å². The van der Waals surface area contributed by atoms with Crippen molar-refractivity contribution in [1.29, 1.82) is 0 Å². The third-order valence-corrected chi connectivity index (χ3v) is 4.88.